The number of benzene rings is 2. The van der Waals surface area contributed by atoms with Gasteiger partial charge in [-0.2, -0.15) is 0 Å². The molecule has 2 aliphatic rings. The summed E-state index contributed by atoms with van der Waals surface area (Å²) in [5.74, 6) is -0.145. The van der Waals surface area contributed by atoms with Crippen LogP contribution in [-0.4, -0.2) is 60.0 Å². The summed E-state index contributed by atoms with van der Waals surface area (Å²) in [6.45, 7) is 6.27. The summed E-state index contributed by atoms with van der Waals surface area (Å²) in [5.41, 5.74) is 7.36. The number of piperidine rings is 1. The van der Waals surface area contributed by atoms with E-state index >= 15 is 0 Å². The minimum Gasteiger partial charge on any atom is -0.405 e. The molecule has 0 aliphatic carbocycles. The van der Waals surface area contributed by atoms with Gasteiger partial charge in [0.1, 0.15) is 5.75 Å². The van der Waals surface area contributed by atoms with Gasteiger partial charge in [-0.25, -0.2) is 0 Å². The number of thioether (sulfide) groups is 1. The summed E-state index contributed by atoms with van der Waals surface area (Å²) >= 11 is 7.73. The van der Waals surface area contributed by atoms with Gasteiger partial charge < -0.3 is 20.7 Å². The fourth-order valence-corrected chi connectivity index (χ4v) is 6.21. The van der Waals surface area contributed by atoms with E-state index in [-0.39, 0.29) is 24.3 Å². The first-order valence-corrected chi connectivity index (χ1v) is 14.3. The molecule has 2 aromatic rings. The van der Waals surface area contributed by atoms with Gasteiger partial charge in [-0.05, 0) is 93.5 Å². The fraction of sp³-hybridized carbons (Fsp3) is 0.519. The van der Waals surface area contributed by atoms with Gasteiger partial charge in [0.05, 0.1) is 5.56 Å². The predicted molar refractivity (Wildman–Crippen MR) is 146 cm³/mol. The average molecular weight is 571 g/mol. The molecule has 0 saturated carbocycles. The topological polar surface area (TPSA) is 70.8 Å². The molecule has 4 rings (SSSR count). The number of carbonyl (C=O) groups excluding carboxylic acids is 1. The second-order valence-corrected chi connectivity index (χ2v) is 11.5. The van der Waals surface area contributed by atoms with Crippen molar-refractivity contribution in [3.05, 3.63) is 52.0 Å². The summed E-state index contributed by atoms with van der Waals surface area (Å²) < 4.78 is 44.2. The summed E-state index contributed by atoms with van der Waals surface area (Å²) in [5, 5.41) is 3.29. The third-order valence-corrected chi connectivity index (χ3v) is 8.31. The standard InChI is InChI=1S/C27H34ClF3N4O2S/c1-2-38-25-6-5-20(28)13-18(25)16-33-26(36)22-15-24(37-27(29,30)31)19(14-23(22)32)17-34-11-7-21(8-12-34)35-9-3-4-10-35/h5-6,13-15,21H,2-4,7-12,16-17,32H2,1H3,(H,33,36). The molecular formula is C27H34ClF3N4O2S. The van der Waals surface area contributed by atoms with Gasteiger partial charge in [-0.15, -0.1) is 24.9 Å². The van der Waals surface area contributed by atoms with Crippen LogP contribution in [0.5, 0.6) is 5.75 Å². The third kappa shape index (κ3) is 7.71. The van der Waals surface area contributed by atoms with E-state index in [1.165, 1.54) is 18.9 Å². The Balaban J connectivity index is 1.47. The first kappa shape index (κ1) is 28.9. The molecule has 208 valence electrons. The van der Waals surface area contributed by atoms with E-state index < -0.39 is 18.0 Å². The maximum absolute atomic E-state index is 13.3. The van der Waals surface area contributed by atoms with E-state index in [9.17, 15) is 18.0 Å². The Labute approximate surface area is 231 Å². The molecule has 0 aromatic heterocycles. The number of nitrogens with two attached hydrogens (primary N) is 1. The van der Waals surface area contributed by atoms with Crippen LogP contribution in [0.25, 0.3) is 0 Å². The number of hydrogen-bond acceptors (Lipinski definition) is 6. The van der Waals surface area contributed by atoms with Crippen LogP contribution in [0.15, 0.2) is 35.2 Å². The lowest BCUT2D eigenvalue weighted by Crippen LogP contribution is -2.43. The summed E-state index contributed by atoms with van der Waals surface area (Å²) in [4.78, 5) is 18.6. The molecule has 2 fully saturated rings. The number of likely N-dealkylation sites (tertiary alicyclic amines) is 2. The Morgan fingerprint density at radius 1 is 1.13 bits per heavy atom. The van der Waals surface area contributed by atoms with Gasteiger partial charge in [0.15, 0.2) is 0 Å². The zero-order chi connectivity index (χ0) is 27.3. The Bertz CT molecular complexity index is 1120. The smallest absolute Gasteiger partial charge is 0.405 e. The predicted octanol–water partition coefficient (Wildman–Crippen LogP) is 5.92. The van der Waals surface area contributed by atoms with E-state index in [1.54, 1.807) is 23.9 Å². The molecule has 0 spiro atoms. The highest BCUT2D eigenvalue weighted by Crippen LogP contribution is 2.33. The van der Waals surface area contributed by atoms with Crippen LogP contribution in [0.2, 0.25) is 5.02 Å². The molecule has 0 atom stereocenters. The van der Waals surface area contributed by atoms with Crippen LogP contribution < -0.4 is 15.8 Å². The average Bonchev–Trinajstić information content (AvgIpc) is 3.40. The van der Waals surface area contributed by atoms with Crippen LogP contribution in [0.4, 0.5) is 18.9 Å². The largest absolute Gasteiger partial charge is 0.573 e. The molecule has 2 heterocycles. The highest BCUT2D eigenvalue weighted by atomic mass is 35.5. The quantitative estimate of drug-likeness (QED) is 0.288. The number of nitrogen functional groups attached to an aromatic ring is 1. The second kappa shape index (κ2) is 12.8. The molecule has 0 bridgehead atoms. The lowest BCUT2D eigenvalue weighted by Gasteiger charge is -2.36. The first-order chi connectivity index (χ1) is 18.1. The van der Waals surface area contributed by atoms with E-state index in [1.807, 2.05) is 13.0 Å². The van der Waals surface area contributed by atoms with Gasteiger partial charge in [0.2, 0.25) is 0 Å². The Hall–Kier alpha value is -2.14. The van der Waals surface area contributed by atoms with E-state index in [0.29, 0.717) is 16.6 Å². The van der Waals surface area contributed by atoms with Gasteiger partial charge in [-0.1, -0.05) is 18.5 Å². The number of anilines is 1. The van der Waals surface area contributed by atoms with Crippen molar-refractivity contribution in [2.24, 2.45) is 0 Å². The normalized spacial score (nSPS) is 17.6. The Morgan fingerprint density at radius 3 is 2.50 bits per heavy atom. The number of ether oxygens (including phenoxy) is 1. The Morgan fingerprint density at radius 2 is 1.84 bits per heavy atom. The minimum absolute atomic E-state index is 0.0625. The highest BCUT2D eigenvalue weighted by Gasteiger charge is 2.34. The summed E-state index contributed by atoms with van der Waals surface area (Å²) in [6.07, 6.45) is -0.472. The van der Waals surface area contributed by atoms with Crippen LogP contribution >= 0.6 is 23.4 Å². The number of carbonyl (C=O) groups is 1. The van der Waals surface area contributed by atoms with Gasteiger partial charge in [0.25, 0.3) is 5.91 Å². The van der Waals surface area contributed by atoms with E-state index in [0.717, 1.165) is 61.3 Å². The molecule has 3 N–H and O–H groups in total. The fourth-order valence-electron chi connectivity index (χ4n) is 5.23. The third-order valence-electron chi connectivity index (χ3n) is 7.07. The number of amides is 1. The molecule has 11 heteroatoms. The van der Waals surface area contributed by atoms with Crippen LogP contribution in [0.3, 0.4) is 0 Å². The first-order valence-electron chi connectivity index (χ1n) is 13.0. The zero-order valence-corrected chi connectivity index (χ0v) is 23.0. The van der Waals surface area contributed by atoms with Crippen molar-refractivity contribution in [1.82, 2.24) is 15.1 Å². The van der Waals surface area contributed by atoms with Crippen molar-refractivity contribution < 1.29 is 22.7 Å². The molecule has 1 amide bonds. The molecule has 2 aromatic carbocycles. The molecule has 6 nitrogen and oxygen atoms in total. The van der Waals surface area contributed by atoms with E-state index in [4.69, 9.17) is 17.3 Å². The molecule has 2 saturated heterocycles. The maximum Gasteiger partial charge on any atom is 0.573 e. The van der Waals surface area contributed by atoms with Crippen molar-refractivity contribution in [2.75, 3.05) is 37.7 Å². The number of rotatable bonds is 9. The van der Waals surface area contributed by atoms with Gasteiger partial charge in [0, 0.05) is 40.3 Å². The van der Waals surface area contributed by atoms with Gasteiger partial charge in [-0.3, -0.25) is 9.69 Å². The SMILES string of the molecule is CCSc1ccc(Cl)cc1CNC(=O)c1cc(OC(F)(F)F)c(CN2CCC(N3CCCC3)CC2)cc1N. The van der Waals surface area contributed by atoms with Crippen molar-refractivity contribution in [2.45, 2.75) is 63.0 Å². The van der Waals surface area contributed by atoms with Crippen LogP contribution in [0, 0.1) is 0 Å². The lowest BCUT2D eigenvalue weighted by atomic mass is 10.0. The van der Waals surface area contributed by atoms with Crippen LogP contribution in [0.1, 0.15) is 54.1 Å². The van der Waals surface area contributed by atoms with Crippen molar-refractivity contribution in [3.63, 3.8) is 0 Å². The summed E-state index contributed by atoms with van der Waals surface area (Å²) in [7, 11) is 0. The van der Waals surface area contributed by atoms with Crippen molar-refractivity contribution in [3.8, 4) is 5.75 Å². The highest BCUT2D eigenvalue weighted by molar-refractivity contribution is 7.99. The minimum atomic E-state index is -4.89. The molecular weight excluding hydrogens is 537 g/mol. The number of halogens is 4. The number of hydrogen-bond donors (Lipinski definition) is 2. The summed E-state index contributed by atoms with van der Waals surface area (Å²) in [6, 6.07) is 8.48. The molecule has 0 unspecified atom stereocenters. The number of alkyl halides is 3. The molecule has 38 heavy (non-hydrogen) atoms. The maximum atomic E-state index is 13.3. The van der Waals surface area contributed by atoms with Crippen LogP contribution in [-0.2, 0) is 13.1 Å². The lowest BCUT2D eigenvalue weighted by molar-refractivity contribution is -0.275. The monoisotopic (exact) mass is 570 g/mol. The number of nitrogens with zero attached hydrogens (tertiary/aromatic N) is 2. The van der Waals surface area contributed by atoms with E-state index in [2.05, 4.69) is 19.9 Å². The van der Waals surface area contributed by atoms with Gasteiger partial charge >= 0.3 is 6.36 Å². The molecule has 2 aliphatic heterocycles. The van der Waals surface area contributed by atoms with Crippen molar-refractivity contribution >= 4 is 35.0 Å². The zero-order valence-electron chi connectivity index (χ0n) is 21.5. The molecule has 0 radical (unpaired) electrons. The number of nitrogens with one attached hydrogen (secondary N) is 1. The Kier molecular flexibility index (Phi) is 9.73. The second-order valence-electron chi connectivity index (χ2n) is 9.71. The van der Waals surface area contributed by atoms with Crippen molar-refractivity contribution in [1.29, 1.82) is 0 Å².